The molecule has 3 aromatic rings. The molecule has 0 radical (unpaired) electrons. The quantitative estimate of drug-likeness (QED) is 0.630. The standard InChI is InChI=1S/C24H18F3N3O2/c25-24(26,27)17-6-4-14(5-7-17)12-22(31)30-21-11-10-20-18(21)8-9-19(29-20)15-2-1-3-16(13-15)23(28)32/h1-9,11,13H,10,12H2,(H2,28,32)(H,30,31). The number of carbonyl (C=O) groups is 2. The molecule has 0 aliphatic heterocycles. The number of hydrogen-bond donors (Lipinski definition) is 2. The lowest BCUT2D eigenvalue weighted by molar-refractivity contribution is -0.137. The molecule has 1 heterocycles. The molecule has 0 spiro atoms. The van der Waals surface area contributed by atoms with Crippen molar-refractivity contribution in [2.45, 2.75) is 19.0 Å². The maximum Gasteiger partial charge on any atom is 0.416 e. The summed E-state index contributed by atoms with van der Waals surface area (Å²) in [7, 11) is 0. The molecule has 0 saturated carbocycles. The predicted octanol–water partition coefficient (Wildman–Crippen LogP) is 4.12. The van der Waals surface area contributed by atoms with E-state index in [2.05, 4.69) is 10.3 Å². The van der Waals surface area contributed by atoms with E-state index in [0.29, 0.717) is 28.9 Å². The van der Waals surface area contributed by atoms with Gasteiger partial charge in [0.05, 0.1) is 23.4 Å². The van der Waals surface area contributed by atoms with Gasteiger partial charge in [0.2, 0.25) is 11.8 Å². The van der Waals surface area contributed by atoms with Crippen molar-refractivity contribution in [3.8, 4) is 11.3 Å². The summed E-state index contributed by atoms with van der Waals surface area (Å²) >= 11 is 0. The first kappa shape index (κ1) is 21.3. The highest BCUT2D eigenvalue weighted by molar-refractivity contribution is 5.94. The van der Waals surface area contributed by atoms with Crippen molar-refractivity contribution in [1.82, 2.24) is 10.3 Å². The molecule has 0 atom stereocenters. The number of hydrogen-bond acceptors (Lipinski definition) is 3. The Morgan fingerprint density at radius 1 is 1.03 bits per heavy atom. The normalized spacial score (nSPS) is 12.8. The number of nitrogens with zero attached hydrogens (tertiary/aromatic N) is 1. The van der Waals surface area contributed by atoms with Crippen molar-refractivity contribution in [2.75, 3.05) is 0 Å². The van der Waals surface area contributed by atoms with E-state index in [4.69, 9.17) is 5.73 Å². The molecule has 5 nitrogen and oxygen atoms in total. The van der Waals surface area contributed by atoms with E-state index in [0.717, 1.165) is 29.0 Å². The Kier molecular flexibility index (Phi) is 5.52. The van der Waals surface area contributed by atoms with Crippen LogP contribution in [-0.4, -0.2) is 16.8 Å². The zero-order chi connectivity index (χ0) is 22.9. The number of nitrogens with two attached hydrogens (primary N) is 1. The Labute approximate surface area is 181 Å². The highest BCUT2D eigenvalue weighted by Gasteiger charge is 2.30. The number of alkyl halides is 3. The lowest BCUT2D eigenvalue weighted by Crippen LogP contribution is -2.23. The first-order valence-electron chi connectivity index (χ1n) is 9.77. The van der Waals surface area contributed by atoms with Crippen LogP contribution in [0.15, 0.2) is 66.7 Å². The Hall–Kier alpha value is -3.94. The summed E-state index contributed by atoms with van der Waals surface area (Å²) in [5, 5.41) is 2.81. The van der Waals surface area contributed by atoms with Gasteiger partial charge in [-0.05, 0) is 42.0 Å². The summed E-state index contributed by atoms with van der Waals surface area (Å²) in [6.45, 7) is 0. The summed E-state index contributed by atoms with van der Waals surface area (Å²) in [5.74, 6) is -0.852. The number of pyridine rings is 1. The molecule has 162 valence electrons. The maximum absolute atomic E-state index is 12.7. The number of fused-ring (bicyclic) bond motifs is 1. The van der Waals surface area contributed by atoms with Crippen LogP contribution in [-0.2, 0) is 23.8 Å². The van der Waals surface area contributed by atoms with Crippen molar-refractivity contribution < 1.29 is 22.8 Å². The van der Waals surface area contributed by atoms with Crippen molar-refractivity contribution in [2.24, 2.45) is 5.73 Å². The molecule has 0 fully saturated rings. The molecule has 1 aromatic heterocycles. The zero-order valence-electron chi connectivity index (χ0n) is 16.7. The van der Waals surface area contributed by atoms with Crippen LogP contribution < -0.4 is 11.1 Å². The number of amides is 2. The van der Waals surface area contributed by atoms with Gasteiger partial charge < -0.3 is 11.1 Å². The number of halogens is 3. The molecule has 32 heavy (non-hydrogen) atoms. The Bertz CT molecular complexity index is 1230. The van der Waals surface area contributed by atoms with Crippen LogP contribution in [0.25, 0.3) is 17.0 Å². The molecule has 1 aliphatic carbocycles. The van der Waals surface area contributed by atoms with Gasteiger partial charge in [-0.15, -0.1) is 0 Å². The van der Waals surface area contributed by atoms with Gasteiger partial charge >= 0.3 is 6.18 Å². The smallest absolute Gasteiger partial charge is 0.366 e. The molecule has 4 rings (SSSR count). The fourth-order valence-corrected chi connectivity index (χ4v) is 3.51. The number of rotatable bonds is 5. The van der Waals surface area contributed by atoms with Crippen LogP contribution in [0, 0.1) is 0 Å². The monoisotopic (exact) mass is 437 g/mol. The highest BCUT2D eigenvalue weighted by atomic mass is 19.4. The first-order chi connectivity index (χ1) is 15.2. The Morgan fingerprint density at radius 3 is 2.47 bits per heavy atom. The minimum absolute atomic E-state index is 0.0454. The second-order valence-corrected chi connectivity index (χ2v) is 7.38. The number of carbonyl (C=O) groups excluding carboxylic acids is 2. The highest BCUT2D eigenvalue weighted by Crippen LogP contribution is 2.30. The van der Waals surface area contributed by atoms with Crippen LogP contribution in [0.2, 0.25) is 0 Å². The van der Waals surface area contributed by atoms with Gasteiger partial charge in [-0.2, -0.15) is 13.2 Å². The maximum atomic E-state index is 12.7. The van der Waals surface area contributed by atoms with Crippen molar-refractivity contribution >= 4 is 17.5 Å². The van der Waals surface area contributed by atoms with Crippen LogP contribution in [0.4, 0.5) is 13.2 Å². The third kappa shape index (κ3) is 4.54. The van der Waals surface area contributed by atoms with Crippen molar-refractivity contribution in [1.29, 1.82) is 0 Å². The van der Waals surface area contributed by atoms with E-state index in [9.17, 15) is 22.8 Å². The van der Waals surface area contributed by atoms with E-state index in [1.54, 1.807) is 24.3 Å². The van der Waals surface area contributed by atoms with Gasteiger partial charge in [-0.1, -0.05) is 30.3 Å². The van der Waals surface area contributed by atoms with E-state index in [-0.39, 0.29) is 12.3 Å². The largest absolute Gasteiger partial charge is 0.416 e. The Balaban J connectivity index is 1.45. The number of aromatic nitrogens is 1. The molecule has 8 heteroatoms. The Morgan fingerprint density at radius 2 is 1.78 bits per heavy atom. The van der Waals surface area contributed by atoms with E-state index in [1.165, 1.54) is 12.1 Å². The second kappa shape index (κ2) is 8.30. The van der Waals surface area contributed by atoms with Gasteiger partial charge in [0.15, 0.2) is 0 Å². The number of primary amides is 1. The molecular formula is C24H18F3N3O2. The zero-order valence-corrected chi connectivity index (χ0v) is 16.7. The van der Waals surface area contributed by atoms with Crippen LogP contribution in [0.5, 0.6) is 0 Å². The lowest BCUT2D eigenvalue weighted by atomic mass is 10.1. The third-order valence-electron chi connectivity index (χ3n) is 5.13. The summed E-state index contributed by atoms with van der Waals surface area (Å²) in [6, 6.07) is 15.0. The molecular weight excluding hydrogens is 419 g/mol. The summed E-state index contributed by atoms with van der Waals surface area (Å²) in [4.78, 5) is 28.5. The van der Waals surface area contributed by atoms with Gasteiger partial charge in [0, 0.05) is 28.8 Å². The minimum Gasteiger partial charge on any atom is -0.366 e. The molecule has 0 saturated heterocycles. The van der Waals surface area contributed by atoms with Crippen LogP contribution in [0.3, 0.4) is 0 Å². The fourth-order valence-electron chi connectivity index (χ4n) is 3.51. The van der Waals surface area contributed by atoms with Gasteiger partial charge in [-0.3, -0.25) is 14.6 Å². The molecule has 0 bridgehead atoms. The number of benzene rings is 2. The minimum atomic E-state index is -4.41. The summed E-state index contributed by atoms with van der Waals surface area (Å²) in [5.41, 5.74) is 9.06. The summed E-state index contributed by atoms with van der Waals surface area (Å²) < 4.78 is 38.0. The average molecular weight is 437 g/mol. The molecule has 1 aliphatic rings. The van der Waals surface area contributed by atoms with E-state index < -0.39 is 17.6 Å². The van der Waals surface area contributed by atoms with Gasteiger partial charge in [-0.25, -0.2) is 0 Å². The predicted molar refractivity (Wildman–Crippen MR) is 113 cm³/mol. The van der Waals surface area contributed by atoms with Crippen molar-refractivity contribution in [3.63, 3.8) is 0 Å². The third-order valence-corrected chi connectivity index (χ3v) is 5.13. The van der Waals surface area contributed by atoms with Crippen molar-refractivity contribution in [3.05, 3.63) is 94.7 Å². The topological polar surface area (TPSA) is 85.1 Å². The summed E-state index contributed by atoms with van der Waals surface area (Å²) in [6.07, 6.45) is -2.09. The van der Waals surface area contributed by atoms with Crippen LogP contribution >= 0.6 is 0 Å². The molecule has 0 unspecified atom stereocenters. The molecule has 3 N–H and O–H groups in total. The van der Waals surface area contributed by atoms with Gasteiger partial charge in [0.25, 0.3) is 0 Å². The number of allylic oxidation sites excluding steroid dienone is 1. The van der Waals surface area contributed by atoms with E-state index in [1.807, 2.05) is 18.2 Å². The SMILES string of the molecule is NC(=O)c1cccc(-c2ccc3c(n2)CC=C3NC(=O)Cc2ccc(C(F)(F)F)cc2)c1. The second-order valence-electron chi connectivity index (χ2n) is 7.38. The van der Waals surface area contributed by atoms with Gasteiger partial charge in [0.1, 0.15) is 0 Å². The average Bonchev–Trinajstić information content (AvgIpc) is 3.15. The lowest BCUT2D eigenvalue weighted by Gasteiger charge is -2.11. The first-order valence-corrected chi connectivity index (χ1v) is 9.77. The number of nitrogens with one attached hydrogen (secondary N) is 1. The van der Waals surface area contributed by atoms with E-state index >= 15 is 0 Å². The molecule has 2 aromatic carbocycles. The molecule has 2 amide bonds. The van der Waals surface area contributed by atoms with Crippen LogP contribution in [0.1, 0.15) is 32.7 Å². The fraction of sp³-hybridized carbons (Fsp3) is 0.125.